The Morgan fingerprint density at radius 1 is 0.870 bits per heavy atom. The summed E-state index contributed by atoms with van der Waals surface area (Å²) in [5.41, 5.74) is 0. The predicted molar refractivity (Wildman–Crippen MR) is 75.1 cm³/mol. The third-order valence-corrected chi connectivity index (χ3v) is 4.52. The Labute approximate surface area is 134 Å². The summed E-state index contributed by atoms with van der Waals surface area (Å²) in [6.45, 7) is 2.66. The molecule has 136 valence electrons. The zero-order valence-corrected chi connectivity index (χ0v) is 13.1. The summed E-state index contributed by atoms with van der Waals surface area (Å²) < 4.78 is 16.3. The zero-order valence-electron chi connectivity index (χ0n) is 13.1. The topological polar surface area (TPSA) is 149 Å². The van der Waals surface area contributed by atoms with Gasteiger partial charge in [0.05, 0.1) is 12.2 Å². The lowest BCUT2D eigenvalue weighted by molar-refractivity contribution is -0.381. The smallest absolute Gasteiger partial charge is 0.223 e. The second-order valence-electron chi connectivity index (χ2n) is 6.01. The van der Waals surface area contributed by atoms with Gasteiger partial charge in [-0.1, -0.05) is 13.8 Å². The van der Waals surface area contributed by atoms with Crippen molar-refractivity contribution in [2.45, 2.75) is 81.5 Å². The van der Waals surface area contributed by atoms with Crippen LogP contribution >= 0.6 is 0 Å². The van der Waals surface area contributed by atoms with Gasteiger partial charge in [0.25, 0.3) is 0 Å². The first-order valence-corrected chi connectivity index (χ1v) is 7.83. The normalized spacial score (nSPS) is 51.1. The van der Waals surface area contributed by atoms with Crippen molar-refractivity contribution in [3.8, 4) is 0 Å². The van der Waals surface area contributed by atoms with Crippen molar-refractivity contribution in [1.82, 2.24) is 0 Å². The Bertz CT molecular complexity index is 392. The maximum absolute atomic E-state index is 10.2. The van der Waals surface area contributed by atoms with Crippen LogP contribution < -0.4 is 0 Å². The molecule has 9 nitrogen and oxygen atoms in total. The maximum atomic E-state index is 10.2. The fraction of sp³-hybridized carbons (Fsp3) is 1.00. The predicted octanol–water partition coefficient (Wildman–Crippen LogP) is -2.56. The lowest BCUT2D eigenvalue weighted by atomic mass is 9.97. The second-order valence-corrected chi connectivity index (χ2v) is 6.01. The molecule has 9 heteroatoms. The van der Waals surface area contributed by atoms with Gasteiger partial charge in [-0.05, 0) is 12.8 Å². The SMILES string of the molecule is CCC1OC(OC2(CO)OC(CC)C(O)C2O)C(O)C(O)C1O. The van der Waals surface area contributed by atoms with E-state index in [2.05, 4.69) is 0 Å². The summed E-state index contributed by atoms with van der Waals surface area (Å²) in [4.78, 5) is 0. The highest BCUT2D eigenvalue weighted by Gasteiger charge is 2.57. The zero-order chi connectivity index (χ0) is 17.4. The molecule has 0 saturated carbocycles. The average molecular weight is 338 g/mol. The molecular formula is C14H26O9. The summed E-state index contributed by atoms with van der Waals surface area (Å²) in [6.07, 6.45) is -9.51. The molecule has 6 N–H and O–H groups in total. The number of ether oxygens (including phenoxy) is 3. The highest BCUT2D eigenvalue weighted by Crippen LogP contribution is 2.37. The second kappa shape index (κ2) is 7.26. The Morgan fingerprint density at radius 3 is 1.96 bits per heavy atom. The van der Waals surface area contributed by atoms with Crippen LogP contribution in [0.1, 0.15) is 26.7 Å². The summed E-state index contributed by atoms with van der Waals surface area (Å²) in [6, 6.07) is 0. The first kappa shape index (κ1) is 19.0. The lowest BCUT2D eigenvalue weighted by Crippen LogP contribution is -2.62. The molecule has 0 spiro atoms. The van der Waals surface area contributed by atoms with E-state index in [-0.39, 0.29) is 0 Å². The van der Waals surface area contributed by atoms with E-state index in [1.807, 2.05) is 0 Å². The average Bonchev–Trinajstić information content (AvgIpc) is 2.80. The van der Waals surface area contributed by atoms with Crippen molar-refractivity contribution in [3.63, 3.8) is 0 Å². The van der Waals surface area contributed by atoms with Crippen molar-refractivity contribution < 1.29 is 44.8 Å². The van der Waals surface area contributed by atoms with Gasteiger partial charge >= 0.3 is 0 Å². The Hall–Kier alpha value is -0.360. The molecule has 0 amide bonds. The molecule has 2 rings (SSSR count). The molecular weight excluding hydrogens is 312 g/mol. The highest BCUT2D eigenvalue weighted by atomic mass is 16.8. The minimum Gasteiger partial charge on any atom is -0.391 e. The minimum absolute atomic E-state index is 0.348. The van der Waals surface area contributed by atoms with Gasteiger partial charge in [0.2, 0.25) is 5.79 Å². The number of hydrogen-bond acceptors (Lipinski definition) is 9. The van der Waals surface area contributed by atoms with Gasteiger partial charge in [-0.3, -0.25) is 0 Å². The first-order valence-electron chi connectivity index (χ1n) is 7.83. The fourth-order valence-corrected chi connectivity index (χ4v) is 3.00. The number of aliphatic hydroxyl groups excluding tert-OH is 6. The van der Waals surface area contributed by atoms with Gasteiger partial charge in [0.1, 0.15) is 37.1 Å². The van der Waals surface area contributed by atoms with Crippen molar-refractivity contribution in [2.75, 3.05) is 6.61 Å². The molecule has 2 heterocycles. The third kappa shape index (κ3) is 3.26. The van der Waals surface area contributed by atoms with E-state index in [1.54, 1.807) is 13.8 Å². The van der Waals surface area contributed by atoms with Crippen LogP contribution in [0, 0.1) is 0 Å². The Morgan fingerprint density at radius 2 is 1.48 bits per heavy atom. The van der Waals surface area contributed by atoms with E-state index in [4.69, 9.17) is 14.2 Å². The van der Waals surface area contributed by atoms with Crippen LogP contribution in [0.4, 0.5) is 0 Å². The molecule has 0 radical (unpaired) electrons. The molecule has 0 aromatic rings. The first-order chi connectivity index (χ1) is 10.8. The van der Waals surface area contributed by atoms with Crippen molar-refractivity contribution in [3.05, 3.63) is 0 Å². The van der Waals surface area contributed by atoms with Crippen molar-refractivity contribution >= 4 is 0 Å². The van der Waals surface area contributed by atoms with Gasteiger partial charge in [0.15, 0.2) is 6.29 Å². The molecule has 2 saturated heterocycles. The maximum Gasteiger partial charge on any atom is 0.223 e. The Balaban J connectivity index is 2.18. The number of rotatable bonds is 5. The highest BCUT2D eigenvalue weighted by molar-refractivity contribution is 4.98. The molecule has 2 fully saturated rings. The molecule has 0 bridgehead atoms. The van der Waals surface area contributed by atoms with Gasteiger partial charge < -0.3 is 44.8 Å². The molecule has 2 aliphatic heterocycles. The third-order valence-electron chi connectivity index (χ3n) is 4.52. The number of aliphatic hydroxyl groups is 6. The fourth-order valence-electron chi connectivity index (χ4n) is 3.00. The van der Waals surface area contributed by atoms with E-state index in [0.717, 1.165) is 0 Å². The van der Waals surface area contributed by atoms with Crippen molar-refractivity contribution in [2.24, 2.45) is 0 Å². The van der Waals surface area contributed by atoms with Crippen LogP contribution in [-0.4, -0.2) is 92.1 Å². The van der Waals surface area contributed by atoms with Crippen LogP contribution in [0.15, 0.2) is 0 Å². The monoisotopic (exact) mass is 338 g/mol. The van der Waals surface area contributed by atoms with Gasteiger partial charge in [0, 0.05) is 0 Å². The van der Waals surface area contributed by atoms with E-state index in [1.165, 1.54) is 0 Å². The van der Waals surface area contributed by atoms with Gasteiger partial charge in [-0.25, -0.2) is 0 Å². The van der Waals surface area contributed by atoms with E-state index >= 15 is 0 Å². The Kier molecular flexibility index (Phi) is 5.99. The molecule has 23 heavy (non-hydrogen) atoms. The van der Waals surface area contributed by atoms with Crippen molar-refractivity contribution in [1.29, 1.82) is 0 Å². The molecule has 0 aromatic heterocycles. The molecule has 0 aliphatic carbocycles. The van der Waals surface area contributed by atoms with Crippen LogP contribution in [0.2, 0.25) is 0 Å². The largest absolute Gasteiger partial charge is 0.391 e. The van der Waals surface area contributed by atoms with Crippen LogP contribution in [0.3, 0.4) is 0 Å². The molecule has 0 aromatic carbocycles. The lowest BCUT2D eigenvalue weighted by Gasteiger charge is -2.43. The van der Waals surface area contributed by atoms with Crippen LogP contribution in [-0.2, 0) is 14.2 Å². The summed E-state index contributed by atoms with van der Waals surface area (Å²) >= 11 is 0. The summed E-state index contributed by atoms with van der Waals surface area (Å²) in [5.74, 6) is -1.98. The van der Waals surface area contributed by atoms with E-state index < -0.39 is 61.4 Å². The summed E-state index contributed by atoms with van der Waals surface area (Å²) in [7, 11) is 0. The quantitative estimate of drug-likeness (QED) is 0.318. The van der Waals surface area contributed by atoms with Crippen LogP contribution in [0.5, 0.6) is 0 Å². The molecule has 2 aliphatic rings. The number of hydrogen-bond donors (Lipinski definition) is 6. The van der Waals surface area contributed by atoms with Crippen LogP contribution in [0.25, 0.3) is 0 Å². The standard InChI is InChI=1S/C14H26O9/c1-3-6-8(16)10(18)11(19)13(21-6)23-14(5-15)12(20)9(17)7(4-2)22-14/h6-13,15-20H,3-5H2,1-2H3. The molecule has 9 unspecified atom stereocenters. The van der Waals surface area contributed by atoms with Gasteiger partial charge in [-0.2, -0.15) is 0 Å². The minimum atomic E-state index is -1.98. The van der Waals surface area contributed by atoms with E-state index in [9.17, 15) is 30.6 Å². The molecule has 9 atom stereocenters. The van der Waals surface area contributed by atoms with Gasteiger partial charge in [-0.15, -0.1) is 0 Å². The van der Waals surface area contributed by atoms with E-state index in [0.29, 0.717) is 12.8 Å². The summed E-state index contributed by atoms with van der Waals surface area (Å²) in [5, 5.41) is 59.5.